The molecule has 0 saturated carbocycles. The number of nitriles is 1. The summed E-state index contributed by atoms with van der Waals surface area (Å²) in [5, 5.41) is 9.48. The first-order valence-electron chi connectivity index (χ1n) is 7.21. The lowest BCUT2D eigenvalue weighted by molar-refractivity contribution is 0.396. The fraction of sp³-hybridized carbons (Fsp3) is 0.562. The van der Waals surface area contributed by atoms with Crippen LogP contribution in [0.4, 0.5) is 5.69 Å². The van der Waals surface area contributed by atoms with Crippen LogP contribution in [0.15, 0.2) is 23.1 Å². The fourth-order valence-corrected chi connectivity index (χ4v) is 3.67. The van der Waals surface area contributed by atoms with Crippen molar-refractivity contribution in [2.45, 2.75) is 18.2 Å². The van der Waals surface area contributed by atoms with Crippen molar-refractivity contribution in [1.29, 1.82) is 5.26 Å². The van der Waals surface area contributed by atoms with Gasteiger partial charge in [0.25, 0.3) is 0 Å². The van der Waals surface area contributed by atoms with Gasteiger partial charge in [0.1, 0.15) is 6.07 Å². The molecule has 1 fully saturated rings. The lowest BCUT2D eigenvalue weighted by Crippen LogP contribution is -2.27. The predicted molar refractivity (Wildman–Crippen MR) is 86.4 cm³/mol. The molecule has 4 heteroatoms. The molecule has 1 saturated heterocycles. The number of hydrogen-bond acceptors (Lipinski definition) is 4. The molecule has 1 unspecified atom stereocenters. The van der Waals surface area contributed by atoms with E-state index in [1.807, 2.05) is 6.07 Å². The van der Waals surface area contributed by atoms with Gasteiger partial charge in [-0.2, -0.15) is 5.26 Å². The molecule has 3 nitrogen and oxygen atoms in total. The molecule has 0 aromatic heterocycles. The summed E-state index contributed by atoms with van der Waals surface area (Å²) in [4.78, 5) is 5.73. The Bertz CT molecular complexity index is 495. The minimum Gasteiger partial charge on any atom is -0.373 e. The van der Waals surface area contributed by atoms with E-state index in [9.17, 15) is 5.26 Å². The maximum atomic E-state index is 9.48. The predicted octanol–water partition coefficient (Wildman–Crippen LogP) is 3.06. The second-order valence-corrected chi connectivity index (χ2v) is 6.80. The average molecular weight is 289 g/mol. The highest BCUT2D eigenvalue weighted by atomic mass is 32.2. The van der Waals surface area contributed by atoms with E-state index in [1.54, 1.807) is 11.8 Å². The Labute approximate surface area is 126 Å². The Balaban J connectivity index is 2.15. The Morgan fingerprint density at radius 2 is 2.30 bits per heavy atom. The molecule has 1 atom stereocenters. The van der Waals surface area contributed by atoms with E-state index < -0.39 is 0 Å². The maximum absolute atomic E-state index is 9.48. The van der Waals surface area contributed by atoms with Crippen LogP contribution >= 0.6 is 11.8 Å². The van der Waals surface area contributed by atoms with Crippen molar-refractivity contribution in [1.82, 2.24) is 4.90 Å². The standard InChI is InChI=1S/C16H23N3S/c1-4-20-16-7-5-6-15(14(16)10-17)19(3)12-13-8-9-18(2)11-13/h5-7,13H,4,8-9,11-12H2,1-3H3. The third kappa shape index (κ3) is 3.47. The van der Waals surface area contributed by atoms with Crippen LogP contribution in [0.1, 0.15) is 18.9 Å². The van der Waals surface area contributed by atoms with Crippen LogP contribution in [0.5, 0.6) is 0 Å². The zero-order valence-electron chi connectivity index (χ0n) is 12.6. The van der Waals surface area contributed by atoms with Gasteiger partial charge < -0.3 is 9.80 Å². The Hall–Kier alpha value is -1.18. The molecular formula is C16H23N3S. The fourth-order valence-electron chi connectivity index (χ4n) is 2.89. The van der Waals surface area contributed by atoms with Crippen LogP contribution in [-0.2, 0) is 0 Å². The molecule has 0 aliphatic carbocycles. The quantitative estimate of drug-likeness (QED) is 0.779. The van der Waals surface area contributed by atoms with Gasteiger partial charge in [-0.15, -0.1) is 11.8 Å². The van der Waals surface area contributed by atoms with Gasteiger partial charge in [-0.3, -0.25) is 0 Å². The van der Waals surface area contributed by atoms with Gasteiger partial charge in [0, 0.05) is 25.0 Å². The molecular weight excluding hydrogens is 266 g/mol. The highest BCUT2D eigenvalue weighted by molar-refractivity contribution is 7.99. The second kappa shape index (κ2) is 7.01. The van der Waals surface area contributed by atoms with E-state index in [2.05, 4.69) is 49.0 Å². The minimum absolute atomic E-state index is 0.707. The summed E-state index contributed by atoms with van der Waals surface area (Å²) in [5.41, 5.74) is 1.90. The molecule has 20 heavy (non-hydrogen) atoms. The van der Waals surface area contributed by atoms with E-state index in [0.717, 1.165) is 35.0 Å². The summed E-state index contributed by atoms with van der Waals surface area (Å²) >= 11 is 1.74. The zero-order chi connectivity index (χ0) is 14.5. The smallest absolute Gasteiger partial charge is 0.103 e. The molecule has 1 aromatic rings. The SMILES string of the molecule is CCSc1cccc(N(C)CC2CCN(C)C2)c1C#N. The van der Waals surface area contributed by atoms with Crippen molar-refractivity contribution >= 4 is 17.4 Å². The lowest BCUT2D eigenvalue weighted by atomic mass is 10.1. The van der Waals surface area contributed by atoms with E-state index >= 15 is 0 Å². The van der Waals surface area contributed by atoms with Crippen molar-refractivity contribution in [3.63, 3.8) is 0 Å². The Morgan fingerprint density at radius 3 is 2.90 bits per heavy atom. The van der Waals surface area contributed by atoms with Crippen molar-refractivity contribution < 1.29 is 0 Å². The van der Waals surface area contributed by atoms with Gasteiger partial charge in [0.05, 0.1) is 11.3 Å². The molecule has 1 aliphatic rings. The van der Waals surface area contributed by atoms with Crippen LogP contribution in [-0.4, -0.2) is 44.4 Å². The van der Waals surface area contributed by atoms with Gasteiger partial charge in [-0.25, -0.2) is 0 Å². The first-order chi connectivity index (χ1) is 9.65. The molecule has 0 bridgehead atoms. The largest absolute Gasteiger partial charge is 0.373 e. The normalized spacial score (nSPS) is 19.0. The maximum Gasteiger partial charge on any atom is 0.103 e. The van der Waals surface area contributed by atoms with E-state index in [-0.39, 0.29) is 0 Å². The summed E-state index contributed by atoms with van der Waals surface area (Å²) in [7, 11) is 4.29. The van der Waals surface area contributed by atoms with Gasteiger partial charge in [-0.1, -0.05) is 13.0 Å². The summed E-state index contributed by atoms with van der Waals surface area (Å²) in [6.45, 7) is 5.50. The van der Waals surface area contributed by atoms with Crippen LogP contribution in [0.3, 0.4) is 0 Å². The molecule has 1 aliphatic heterocycles. The topological polar surface area (TPSA) is 30.3 Å². The first-order valence-corrected chi connectivity index (χ1v) is 8.19. The van der Waals surface area contributed by atoms with Crippen molar-refractivity contribution in [3.05, 3.63) is 23.8 Å². The number of rotatable bonds is 5. The van der Waals surface area contributed by atoms with Gasteiger partial charge >= 0.3 is 0 Å². The van der Waals surface area contributed by atoms with Gasteiger partial charge in [0.2, 0.25) is 0 Å². The number of nitrogens with zero attached hydrogens (tertiary/aromatic N) is 3. The van der Waals surface area contributed by atoms with E-state index in [1.165, 1.54) is 13.0 Å². The van der Waals surface area contributed by atoms with Crippen LogP contribution in [0.2, 0.25) is 0 Å². The lowest BCUT2D eigenvalue weighted by Gasteiger charge is -2.24. The number of likely N-dealkylation sites (tertiary alicyclic amines) is 1. The minimum atomic E-state index is 0.707. The molecule has 0 spiro atoms. The molecule has 0 radical (unpaired) electrons. The van der Waals surface area contributed by atoms with Crippen molar-refractivity contribution in [3.8, 4) is 6.07 Å². The summed E-state index contributed by atoms with van der Waals surface area (Å²) in [6, 6.07) is 8.57. The van der Waals surface area contributed by atoms with E-state index in [4.69, 9.17) is 0 Å². The third-order valence-corrected chi connectivity index (χ3v) is 4.79. The van der Waals surface area contributed by atoms with Crippen LogP contribution < -0.4 is 4.90 Å². The van der Waals surface area contributed by atoms with E-state index in [0.29, 0.717) is 5.92 Å². The van der Waals surface area contributed by atoms with Gasteiger partial charge in [0.15, 0.2) is 0 Å². The molecule has 0 N–H and O–H groups in total. The molecule has 2 rings (SSSR count). The number of anilines is 1. The third-order valence-electron chi connectivity index (χ3n) is 3.85. The molecule has 1 aromatic carbocycles. The van der Waals surface area contributed by atoms with Crippen molar-refractivity contribution in [2.75, 3.05) is 44.4 Å². The van der Waals surface area contributed by atoms with Gasteiger partial charge in [-0.05, 0) is 43.8 Å². The van der Waals surface area contributed by atoms with Crippen molar-refractivity contribution in [2.24, 2.45) is 5.92 Å². The average Bonchev–Trinajstić information content (AvgIpc) is 2.84. The monoisotopic (exact) mass is 289 g/mol. The molecule has 1 heterocycles. The highest BCUT2D eigenvalue weighted by Crippen LogP contribution is 2.30. The Kier molecular flexibility index (Phi) is 5.33. The summed E-state index contributed by atoms with van der Waals surface area (Å²) in [6.07, 6.45) is 1.26. The second-order valence-electron chi connectivity index (χ2n) is 5.49. The zero-order valence-corrected chi connectivity index (χ0v) is 13.4. The highest BCUT2D eigenvalue weighted by Gasteiger charge is 2.22. The number of hydrogen-bond donors (Lipinski definition) is 0. The molecule has 0 amide bonds. The first kappa shape index (κ1) is 15.2. The molecule has 108 valence electrons. The Morgan fingerprint density at radius 1 is 1.50 bits per heavy atom. The number of benzene rings is 1. The van der Waals surface area contributed by atoms with Crippen LogP contribution in [0, 0.1) is 17.2 Å². The summed E-state index contributed by atoms with van der Waals surface area (Å²) < 4.78 is 0. The van der Waals surface area contributed by atoms with Crippen LogP contribution in [0.25, 0.3) is 0 Å². The summed E-state index contributed by atoms with van der Waals surface area (Å²) in [5.74, 6) is 1.70. The number of thioether (sulfide) groups is 1.